The lowest BCUT2D eigenvalue weighted by atomic mass is 9.77. The van der Waals surface area contributed by atoms with Crippen molar-refractivity contribution in [1.82, 2.24) is 0 Å². The van der Waals surface area contributed by atoms with Gasteiger partial charge in [0.15, 0.2) is 5.78 Å². The first-order valence-corrected chi connectivity index (χ1v) is 9.81. The molecule has 8 heteroatoms. The van der Waals surface area contributed by atoms with E-state index in [1.165, 1.54) is 26.8 Å². The quantitative estimate of drug-likeness (QED) is 0.337. The first-order chi connectivity index (χ1) is 13.3. The summed E-state index contributed by atoms with van der Waals surface area (Å²) in [6.07, 6.45) is -2.57. The fourth-order valence-corrected chi connectivity index (χ4v) is 3.64. The van der Waals surface area contributed by atoms with Crippen LogP contribution in [-0.2, 0) is 14.3 Å². The van der Waals surface area contributed by atoms with Gasteiger partial charge >= 0.3 is 5.97 Å². The van der Waals surface area contributed by atoms with E-state index < -0.39 is 53.4 Å². The lowest BCUT2D eigenvalue weighted by Gasteiger charge is -2.38. The Morgan fingerprint density at radius 2 is 1.76 bits per heavy atom. The van der Waals surface area contributed by atoms with Gasteiger partial charge in [-0.2, -0.15) is 0 Å². The maximum Gasteiger partial charge on any atom is 0.314 e. The zero-order valence-electron chi connectivity index (χ0n) is 17.7. The first-order valence-electron chi connectivity index (χ1n) is 9.81. The van der Waals surface area contributed by atoms with Crippen molar-refractivity contribution in [2.45, 2.75) is 77.8 Å². The number of carbonyl (C=O) groups excluding carboxylic acids is 2. The van der Waals surface area contributed by atoms with E-state index >= 15 is 0 Å². The van der Waals surface area contributed by atoms with Crippen molar-refractivity contribution in [2.24, 2.45) is 17.8 Å². The number of esters is 1. The molecule has 8 nitrogen and oxygen atoms in total. The molecule has 0 spiro atoms. The Balaban J connectivity index is 3.40. The smallest absolute Gasteiger partial charge is 0.314 e. The fraction of sp³-hybridized carbons (Fsp3) is 0.714. The van der Waals surface area contributed by atoms with Crippen molar-refractivity contribution in [1.29, 1.82) is 0 Å². The molecule has 0 aliphatic carbocycles. The monoisotopic (exact) mass is 414 g/mol. The number of allylic oxidation sites excluding steroid dienone is 2. The Hall–Kier alpha value is -1.74. The zero-order chi connectivity index (χ0) is 22.5. The molecule has 0 aromatic carbocycles. The molecule has 0 saturated heterocycles. The number of rotatable bonds is 2. The van der Waals surface area contributed by atoms with Crippen molar-refractivity contribution in [3.05, 3.63) is 23.7 Å². The summed E-state index contributed by atoms with van der Waals surface area (Å²) in [5.41, 5.74) is -1.32. The van der Waals surface area contributed by atoms with E-state index in [1.54, 1.807) is 13.8 Å². The van der Waals surface area contributed by atoms with Gasteiger partial charge in [0, 0.05) is 12.3 Å². The SMILES string of the molecule is C/C1=C(\C)OC(=O)C(C/C=C/O)C(C)C(O)C(O)C(C)(O)CC(C)C(=O)C(O)C1. The van der Waals surface area contributed by atoms with Gasteiger partial charge in [-0.15, -0.1) is 0 Å². The number of hydrogen-bond acceptors (Lipinski definition) is 8. The standard InChI is InChI=1S/C21H34O8/c1-11-9-16(23)17(24)12(2)10-21(5,28)19(26)18(25)13(3)15(7-6-8-22)20(27)29-14(11)4/h6,8,12-13,15-16,18-19,22-23,25-26,28H,7,9-10H2,1-5H3/b8-6+,14-11-. The van der Waals surface area contributed by atoms with Crippen LogP contribution in [-0.4, -0.2) is 61.2 Å². The van der Waals surface area contributed by atoms with Gasteiger partial charge in [-0.25, -0.2) is 0 Å². The molecule has 0 fully saturated rings. The van der Waals surface area contributed by atoms with E-state index in [9.17, 15) is 30.0 Å². The third kappa shape index (κ3) is 6.37. The number of hydrogen-bond donors (Lipinski definition) is 5. The van der Waals surface area contributed by atoms with E-state index in [0.717, 1.165) is 6.26 Å². The van der Waals surface area contributed by atoms with Crippen LogP contribution in [0.15, 0.2) is 23.7 Å². The van der Waals surface area contributed by atoms with Crippen molar-refractivity contribution in [2.75, 3.05) is 0 Å². The highest BCUT2D eigenvalue weighted by atomic mass is 16.5. The number of carbonyl (C=O) groups is 2. The lowest BCUT2D eigenvalue weighted by Crippen LogP contribution is -2.52. The van der Waals surface area contributed by atoms with E-state index in [2.05, 4.69) is 0 Å². The minimum Gasteiger partial charge on any atom is -0.516 e. The lowest BCUT2D eigenvalue weighted by molar-refractivity contribution is -0.161. The second-order valence-corrected chi connectivity index (χ2v) is 8.36. The summed E-state index contributed by atoms with van der Waals surface area (Å²) in [5, 5.41) is 51.2. The molecule has 29 heavy (non-hydrogen) atoms. The molecule has 0 saturated carbocycles. The summed E-state index contributed by atoms with van der Waals surface area (Å²) in [4.78, 5) is 25.2. The average Bonchev–Trinajstić information content (AvgIpc) is 2.64. The number of cyclic esters (lactones) is 1. The van der Waals surface area contributed by atoms with Crippen LogP contribution in [0, 0.1) is 17.8 Å². The molecule has 1 rings (SSSR count). The Morgan fingerprint density at radius 3 is 2.31 bits per heavy atom. The Kier molecular flexibility index (Phi) is 9.02. The molecule has 5 N–H and O–H groups in total. The van der Waals surface area contributed by atoms with Crippen LogP contribution >= 0.6 is 0 Å². The van der Waals surface area contributed by atoms with Gasteiger partial charge in [0.2, 0.25) is 0 Å². The van der Waals surface area contributed by atoms with Gasteiger partial charge in [0.1, 0.15) is 18.0 Å². The molecule has 0 bridgehead atoms. The number of ketones is 1. The molecule has 1 aliphatic rings. The summed E-state index contributed by atoms with van der Waals surface area (Å²) in [6.45, 7) is 7.55. The molecule has 1 aliphatic heterocycles. The van der Waals surface area contributed by atoms with Crippen LogP contribution < -0.4 is 0 Å². The first kappa shape index (κ1) is 25.3. The molecule has 0 amide bonds. The number of Topliss-reactive ketones (excluding diaryl/α,β-unsaturated/α-hetero) is 1. The van der Waals surface area contributed by atoms with Gasteiger partial charge in [-0.1, -0.05) is 13.8 Å². The minimum atomic E-state index is -1.84. The number of ether oxygens (including phenoxy) is 1. The van der Waals surface area contributed by atoms with Crippen LogP contribution in [0.3, 0.4) is 0 Å². The second kappa shape index (κ2) is 10.3. The zero-order valence-corrected chi connectivity index (χ0v) is 17.7. The Labute approximate surface area is 171 Å². The Morgan fingerprint density at radius 1 is 1.17 bits per heavy atom. The highest BCUT2D eigenvalue weighted by molar-refractivity contribution is 5.85. The summed E-state index contributed by atoms with van der Waals surface area (Å²) in [7, 11) is 0. The van der Waals surface area contributed by atoms with Crippen LogP contribution in [0.25, 0.3) is 0 Å². The van der Waals surface area contributed by atoms with E-state index in [4.69, 9.17) is 9.84 Å². The number of aliphatic hydroxyl groups is 5. The largest absolute Gasteiger partial charge is 0.516 e. The van der Waals surface area contributed by atoms with Gasteiger partial charge < -0.3 is 30.3 Å². The summed E-state index contributed by atoms with van der Waals surface area (Å²) >= 11 is 0. The third-order valence-corrected chi connectivity index (χ3v) is 5.82. The van der Waals surface area contributed by atoms with Gasteiger partial charge in [0.25, 0.3) is 0 Å². The molecule has 166 valence electrons. The van der Waals surface area contributed by atoms with Crippen LogP contribution in [0.5, 0.6) is 0 Å². The topological polar surface area (TPSA) is 145 Å². The van der Waals surface area contributed by atoms with Crippen LogP contribution in [0.1, 0.15) is 53.9 Å². The minimum absolute atomic E-state index is 0.0353. The molecule has 7 atom stereocenters. The Bertz CT molecular complexity index is 651. The van der Waals surface area contributed by atoms with Crippen molar-refractivity contribution < 1.29 is 39.9 Å². The highest BCUT2D eigenvalue weighted by Crippen LogP contribution is 2.32. The normalized spacial score (nSPS) is 41.3. The summed E-state index contributed by atoms with van der Waals surface area (Å²) in [6, 6.07) is 0. The predicted molar refractivity (Wildman–Crippen MR) is 106 cm³/mol. The van der Waals surface area contributed by atoms with Crippen molar-refractivity contribution >= 4 is 11.8 Å². The molecule has 7 unspecified atom stereocenters. The van der Waals surface area contributed by atoms with Crippen LogP contribution in [0.2, 0.25) is 0 Å². The van der Waals surface area contributed by atoms with Gasteiger partial charge in [-0.3, -0.25) is 9.59 Å². The highest BCUT2D eigenvalue weighted by Gasteiger charge is 2.43. The van der Waals surface area contributed by atoms with Crippen molar-refractivity contribution in [3.8, 4) is 0 Å². The molecule has 0 radical (unpaired) electrons. The molecular weight excluding hydrogens is 380 g/mol. The molecular formula is C21H34O8. The second-order valence-electron chi connectivity index (χ2n) is 8.36. The number of aliphatic hydroxyl groups excluding tert-OH is 4. The predicted octanol–water partition coefficient (Wildman–Crippen LogP) is 1.37. The van der Waals surface area contributed by atoms with E-state index in [-0.39, 0.29) is 25.0 Å². The van der Waals surface area contributed by atoms with Crippen LogP contribution in [0.4, 0.5) is 0 Å². The molecule has 1 heterocycles. The summed E-state index contributed by atoms with van der Waals surface area (Å²) < 4.78 is 5.38. The van der Waals surface area contributed by atoms with E-state index in [1.807, 2.05) is 0 Å². The summed E-state index contributed by atoms with van der Waals surface area (Å²) in [5.74, 6) is -3.48. The van der Waals surface area contributed by atoms with E-state index in [0.29, 0.717) is 5.57 Å². The maximum absolute atomic E-state index is 12.7. The molecule has 0 aromatic rings. The van der Waals surface area contributed by atoms with Gasteiger partial charge in [0.05, 0.1) is 23.9 Å². The van der Waals surface area contributed by atoms with Gasteiger partial charge in [-0.05, 0) is 51.2 Å². The average molecular weight is 414 g/mol. The molecule has 0 aromatic heterocycles. The fourth-order valence-electron chi connectivity index (χ4n) is 3.64. The van der Waals surface area contributed by atoms with Crippen molar-refractivity contribution in [3.63, 3.8) is 0 Å². The maximum atomic E-state index is 12.7. The third-order valence-electron chi connectivity index (χ3n) is 5.82.